The Labute approximate surface area is 131 Å². The minimum Gasteiger partial charge on any atom is -0.449 e. The Kier molecular flexibility index (Phi) is 3.97. The fraction of sp³-hybridized carbons (Fsp3) is 0.200. The van der Waals surface area contributed by atoms with E-state index in [9.17, 15) is 9.59 Å². The lowest BCUT2D eigenvalue weighted by Crippen LogP contribution is -2.52. The average Bonchev–Trinajstić information content (AvgIpc) is 3.04. The number of amides is 2. The highest BCUT2D eigenvalue weighted by molar-refractivity contribution is 7.10. The molecule has 1 aromatic carbocycles. The Bertz CT molecular complexity index is 687. The molecule has 0 bridgehead atoms. The van der Waals surface area contributed by atoms with Crippen molar-refractivity contribution in [2.45, 2.75) is 13.1 Å². The predicted octanol–water partition coefficient (Wildman–Crippen LogP) is 2.98. The number of benzene rings is 1. The number of rotatable bonds is 3. The van der Waals surface area contributed by atoms with Gasteiger partial charge in [0.25, 0.3) is 5.91 Å². The van der Waals surface area contributed by atoms with E-state index in [1.807, 2.05) is 29.6 Å². The largest absolute Gasteiger partial charge is 0.449 e. The van der Waals surface area contributed by atoms with Crippen LogP contribution in [0, 0.1) is 0 Å². The molecular weight excluding hydrogens is 302 g/mol. The van der Waals surface area contributed by atoms with Gasteiger partial charge in [0.05, 0.1) is 12.2 Å². The molecule has 0 aliphatic carbocycles. The van der Waals surface area contributed by atoms with E-state index < -0.39 is 12.3 Å². The van der Waals surface area contributed by atoms with E-state index >= 15 is 0 Å². The molecule has 7 heteroatoms. The smallest absolute Gasteiger partial charge is 0.426 e. The van der Waals surface area contributed by atoms with Gasteiger partial charge in [-0.05, 0) is 30.5 Å². The minimum atomic E-state index is -0.654. The lowest BCUT2D eigenvalue weighted by Gasteiger charge is -2.36. The van der Waals surface area contributed by atoms with Gasteiger partial charge in [0, 0.05) is 10.6 Å². The van der Waals surface area contributed by atoms with Crippen molar-refractivity contribution in [2.75, 3.05) is 11.9 Å². The molecule has 0 fully saturated rings. The molecule has 2 amide bonds. The summed E-state index contributed by atoms with van der Waals surface area (Å²) in [5, 5.41) is 6.46. The standard InChI is InChI=1S/C15H15N3O3S/c1-2-21-15(20)17-18-13(12-8-5-9-22-12)16-11-7-4-3-6-10(11)14(18)19/h3-9,13,16H,2H2,1H3,(H,17,20)/t13-/m0/s1. The van der Waals surface area contributed by atoms with E-state index in [-0.39, 0.29) is 12.5 Å². The van der Waals surface area contributed by atoms with E-state index in [2.05, 4.69) is 10.7 Å². The molecule has 0 radical (unpaired) electrons. The summed E-state index contributed by atoms with van der Waals surface area (Å²) in [5.41, 5.74) is 3.77. The van der Waals surface area contributed by atoms with Crippen LogP contribution in [0.1, 0.15) is 28.3 Å². The quantitative estimate of drug-likeness (QED) is 0.913. The molecule has 0 saturated heterocycles. The molecule has 2 heterocycles. The zero-order valence-corrected chi connectivity index (χ0v) is 12.7. The number of nitrogens with one attached hydrogen (secondary N) is 2. The molecule has 22 heavy (non-hydrogen) atoms. The van der Waals surface area contributed by atoms with Crippen LogP contribution in [-0.2, 0) is 4.74 Å². The predicted molar refractivity (Wildman–Crippen MR) is 83.5 cm³/mol. The van der Waals surface area contributed by atoms with E-state index in [0.717, 1.165) is 10.6 Å². The molecule has 0 spiro atoms. The lowest BCUT2D eigenvalue weighted by molar-refractivity contribution is 0.0511. The number of hydrogen-bond acceptors (Lipinski definition) is 5. The SMILES string of the molecule is CCOC(=O)NN1C(=O)c2ccccc2N[C@@H]1c1cccs1. The summed E-state index contributed by atoms with van der Waals surface area (Å²) in [6.07, 6.45) is -1.12. The monoisotopic (exact) mass is 317 g/mol. The van der Waals surface area contributed by atoms with Gasteiger partial charge in [-0.2, -0.15) is 0 Å². The van der Waals surface area contributed by atoms with Crippen molar-refractivity contribution in [2.24, 2.45) is 0 Å². The maximum absolute atomic E-state index is 12.7. The van der Waals surface area contributed by atoms with E-state index in [1.165, 1.54) is 16.3 Å². The molecular formula is C15H15N3O3S. The second-order valence-corrected chi connectivity index (χ2v) is 5.59. The topological polar surface area (TPSA) is 70.7 Å². The van der Waals surface area contributed by atoms with Gasteiger partial charge >= 0.3 is 6.09 Å². The Morgan fingerprint density at radius 3 is 2.91 bits per heavy atom. The molecule has 3 rings (SSSR count). The van der Waals surface area contributed by atoms with Gasteiger partial charge in [-0.1, -0.05) is 18.2 Å². The van der Waals surface area contributed by atoms with Crippen LogP contribution in [0.25, 0.3) is 0 Å². The third-order valence-electron chi connectivity index (χ3n) is 3.23. The first kappa shape index (κ1) is 14.4. The van der Waals surface area contributed by atoms with Crippen LogP contribution < -0.4 is 10.7 Å². The molecule has 1 aliphatic heterocycles. The van der Waals surface area contributed by atoms with Crippen LogP contribution in [0.3, 0.4) is 0 Å². The molecule has 1 atom stereocenters. The molecule has 2 N–H and O–H groups in total. The van der Waals surface area contributed by atoms with Crippen LogP contribution in [0.4, 0.5) is 10.5 Å². The van der Waals surface area contributed by atoms with Crippen LogP contribution in [0.15, 0.2) is 41.8 Å². The zero-order valence-electron chi connectivity index (χ0n) is 11.9. The summed E-state index contributed by atoms with van der Waals surface area (Å²) < 4.78 is 4.88. The van der Waals surface area contributed by atoms with Gasteiger partial charge in [-0.25, -0.2) is 15.2 Å². The number of para-hydroxylation sites is 1. The molecule has 0 saturated carbocycles. The number of nitrogens with zero attached hydrogens (tertiary/aromatic N) is 1. The first-order valence-electron chi connectivity index (χ1n) is 6.86. The van der Waals surface area contributed by atoms with Crippen molar-refractivity contribution in [3.05, 3.63) is 52.2 Å². The second kappa shape index (κ2) is 6.07. The molecule has 6 nitrogen and oxygen atoms in total. The van der Waals surface area contributed by atoms with Crippen molar-refractivity contribution in [1.29, 1.82) is 0 Å². The highest BCUT2D eigenvalue weighted by Gasteiger charge is 2.34. The van der Waals surface area contributed by atoms with Crippen molar-refractivity contribution < 1.29 is 14.3 Å². The summed E-state index contributed by atoms with van der Waals surface area (Å²) >= 11 is 1.50. The fourth-order valence-corrected chi connectivity index (χ4v) is 3.04. The lowest BCUT2D eigenvalue weighted by atomic mass is 10.1. The van der Waals surface area contributed by atoms with Crippen LogP contribution >= 0.6 is 11.3 Å². The van der Waals surface area contributed by atoms with E-state index in [1.54, 1.807) is 19.1 Å². The van der Waals surface area contributed by atoms with Crippen molar-refractivity contribution >= 4 is 29.0 Å². The van der Waals surface area contributed by atoms with Gasteiger partial charge in [0.2, 0.25) is 0 Å². The van der Waals surface area contributed by atoms with Gasteiger partial charge in [-0.3, -0.25) is 4.79 Å². The van der Waals surface area contributed by atoms with Crippen molar-refractivity contribution in [3.8, 4) is 0 Å². The first-order valence-corrected chi connectivity index (χ1v) is 7.74. The highest BCUT2D eigenvalue weighted by Crippen LogP contribution is 2.33. The number of hydrazine groups is 1. The minimum absolute atomic E-state index is 0.238. The van der Waals surface area contributed by atoms with E-state index in [4.69, 9.17) is 4.74 Å². The first-order chi connectivity index (χ1) is 10.7. The van der Waals surface area contributed by atoms with Crippen molar-refractivity contribution in [1.82, 2.24) is 10.4 Å². The molecule has 114 valence electrons. The average molecular weight is 317 g/mol. The number of carbonyl (C=O) groups is 2. The van der Waals surface area contributed by atoms with E-state index in [0.29, 0.717) is 5.56 Å². The normalized spacial score (nSPS) is 16.7. The molecule has 1 aliphatic rings. The Balaban J connectivity index is 1.95. The van der Waals surface area contributed by atoms with Crippen LogP contribution in [-0.4, -0.2) is 23.6 Å². The number of fused-ring (bicyclic) bond motifs is 1. The summed E-state index contributed by atoms with van der Waals surface area (Å²) in [5.74, 6) is -0.277. The maximum atomic E-state index is 12.7. The van der Waals surface area contributed by atoms with Gasteiger partial charge in [0.15, 0.2) is 6.17 Å². The summed E-state index contributed by atoms with van der Waals surface area (Å²) in [7, 11) is 0. The van der Waals surface area contributed by atoms with Gasteiger partial charge < -0.3 is 10.1 Å². The summed E-state index contributed by atoms with van der Waals surface area (Å²) in [6, 6.07) is 11.0. The number of carbonyl (C=O) groups excluding carboxylic acids is 2. The number of anilines is 1. The Hall–Kier alpha value is -2.54. The third-order valence-corrected chi connectivity index (χ3v) is 4.15. The summed E-state index contributed by atoms with van der Waals surface area (Å²) in [4.78, 5) is 25.3. The molecule has 0 unspecified atom stereocenters. The number of ether oxygens (including phenoxy) is 1. The number of thiophene rings is 1. The van der Waals surface area contributed by atoms with Crippen LogP contribution in [0.2, 0.25) is 0 Å². The Morgan fingerprint density at radius 1 is 1.36 bits per heavy atom. The van der Waals surface area contributed by atoms with Crippen molar-refractivity contribution in [3.63, 3.8) is 0 Å². The third kappa shape index (κ3) is 2.62. The van der Waals surface area contributed by atoms with Crippen LogP contribution in [0.5, 0.6) is 0 Å². The fourth-order valence-electron chi connectivity index (χ4n) is 2.28. The summed E-state index contributed by atoms with van der Waals surface area (Å²) in [6.45, 7) is 1.95. The molecule has 2 aromatic rings. The second-order valence-electron chi connectivity index (χ2n) is 4.62. The Morgan fingerprint density at radius 2 is 2.18 bits per heavy atom. The zero-order chi connectivity index (χ0) is 15.5. The molecule has 1 aromatic heterocycles. The number of hydrogen-bond donors (Lipinski definition) is 2. The highest BCUT2D eigenvalue weighted by atomic mass is 32.1. The van der Waals surface area contributed by atoms with Gasteiger partial charge in [0.1, 0.15) is 0 Å². The maximum Gasteiger partial charge on any atom is 0.426 e. The van der Waals surface area contributed by atoms with Gasteiger partial charge in [-0.15, -0.1) is 11.3 Å².